The van der Waals surface area contributed by atoms with E-state index in [0.717, 1.165) is 5.56 Å². The molecule has 1 aromatic heterocycles. The monoisotopic (exact) mass is 193 g/mol. The molecule has 2 aromatic rings. The summed E-state index contributed by atoms with van der Waals surface area (Å²) in [6, 6.07) is 6.16. The van der Waals surface area contributed by atoms with E-state index in [2.05, 4.69) is 14.7 Å². The van der Waals surface area contributed by atoms with Gasteiger partial charge in [-0.2, -0.15) is 4.98 Å². The zero-order valence-electron chi connectivity index (χ0n) is 7.27. The Bertz CT molecular complexity index is 424. The molecule has 0 saturated heterocycles. The summed E-state index contributed by atoms with van der Waals surface area (Å²) in [6.07, 6.45) is 0.487. The van der Waals surface area contributed by atoms with E-state index in [4.69, 9.17) is 5.73 Å². The molecule has 0 fully saturated rings. The Labute approximate surface area is 79.5 Å². The van der Waals surface area contributed by atoms with Crippen LogP contribution in [0.15, 0.2) is 28.8 Å². The molecule has 0 spiro atoms. The van der Waals surface area contributed by atoms with Crippen LogP contribution in [0.25, 0.3) is 0 Å². The zero-order chi connectivity index (χ0) is 9.97. The Morgan fingerprint density at radius 1 is 1.29 bits per heavy atom. The average Bonchev–Trinajstić information content (AvgIpc) is 2.56. The lowest BCUT2D eigenvalue weighted by molar-refractivity contribution is 0.428. The second-order valence-electron chi connectivity index (χ2n) is 2.85. The minimum Gasteiger partial charge on any atom is -0.351 e. The zero-order valence-corrected chi connectivity index (χ0v) is 7.27. The minimum absolute atomic E-state index is 0.0436. The number of nitrogen functional groups attached to an aromatic ring is 1. The predicted molar refractivity (Wildman–Crippen MR) is 47.9 cm³/mol. The summed E-state index contributed by atoms with van der Waals surface area (Å²) in [7, 11) is 0. The van der Waals surface area contributed by atoms with Crippen molar-refractivity contribution in [3.63, 3.8) is 0 Å². The second-order valence-corrected chi connectivity index (χ2v) is 2.85. The van der Waals surface area contributed by atoms with Crippen LogP contribution in [0.1, 0.15) is 11.4 Å². The van der Waals surface area contributed by atoms with Crippen LogP contribution >= 0.6 is 0 Å². The number of hydrogen-bond acceptors (Lipinski definition) is 4. The molecule has 0 radical (unpaired) electrons. The number of nitrogens with zero attached hydrogens (tertiary/aromatic N) is 2. The van der Waals surface area contributed by atoms with Crippen molar-refractivity contribution in [1.29, 1.82) is 0 Å². The normalized spacial score (nSPS) is 10.4. The molecule has 1 aromatic carbocycles. The molecule has 0 unspecified atom stereocenters. The quantitative estimate of drug-likeness (QED) is 0.782. The van der Waals surface area contributed by atoms with E-state index in [1.807, 2.05) is 0 Å². The van der Waals surface area contributed by atoms with Gasteiger partial charge in [0.1, 0.15) is 5.82 Å². The van der Waals surface area contributed by atoms with Gasteiger partial charge in [-0.15, -0.1) is 0 Å². The van der Waals surface area contributed by atoms with Crippen molar-refractivity contribution in [3.8, 4) is 0 Å². The smallest absolute Gasteiger partial charge is 0.318 e. The Kier molecular flexibility index (Phi) is 2.14. The number of nitrogens with two attached hydrogens (primary N) is 1. The third kappa shape index (κ3) is 1.87. The first kappa shape index (κ1) is 8.68. The standard InChI is InChI=1S/C9H8FN3O/c10-7-3-1-6(2-4-7)5-8-12-9(11)14-13-8/h1-4H,5H2,(H2,11,12,13). The molecule has 4 nitrogen and oxygen atoms in total. The summed E-state index contributed by atoms with van der Waals surface area (Å²) in [4.78, 5) is 3.83. The van der Waals surface area contributed by atoms with Gasteiger partial charge in [-0.1, -0.05) is 17.3 Å². The molecule has 0 aliphatic heterocycles. The van der Waals surface area contributed by atoms with Crippen molar-refractivity contribution in [1.82, 2.24) is 10.1 Å². The summed E-state index contributed by atoms with van der Waals surface area (Å²) in [6.45, 7) is 0. The molecule has 5 heteroatoms. The molecule has 2 N–H and O–H groups in total. The summed E-state index contributed by atoms with van der Waals surface area (Å²) in [5.41, 5.74) is 6.17. The molecule has 0 aliphatic rings. The summed E-state index contributed by atoms with van der Waals surface area (Å²) in [5.74, 6) is 0.232. The lowest BCUT2D eigenvalue weighted by Gasteiger charge is -1.95. The number of benzene rings is 1. The highest BCUT2D eigenvalue weighted by Crippen LogP contribution is 2.08. The Morgan fingerprint density at radius 3 is 2.57 bits per heavy atom. The largest absolute Gasteiger partial charge is 0.351 e. The van der Waals surface area contributed by atoms with Crippen LogP contribution in [0.4, 0.5) is 10.4 Å². The van der Waals surface area contributed by atoms with Gasteiger partial charge in [-0.05, 0) is 17.7 Å². The molecule has 14 heavy (non-hydrogen) atoms. The van der Waals surface area contributed by atoms with Gasteiger partial charge in [0.25, 0.3) is 0 Å². The molecule has 1 heterocycles. The van der Waals surface area contributed by atoms with E-state index in [1.54, 1.807) is 12.1 Å². The van der Waals surface area contributed by atoms with Crippen LogP contribution in [-0.2, 0) is 6.42 Å². The molecule has 0 atom stereocenters. The third-order valence-corrected chi connectivity index (χ3v) is 1.76. The van der Waals surface area contributed by atoms with Gasteiger partial charge < -0.3 is 10.3 Å². The van der Waals surface area contributed by atoms with Crippen molar-refractivity contribution in [3.05, 3.63) is 41.5 Å². The summed E-state index contributed by atoms with van der Waals surface area (Å²) < 4.78 is 17.2. The van der Waals surface area contributed by atoms with Crippen molar-refractivity contribution in [2.45, 2.75) is 6.42 Å². The van der Waals surface area contributed by atoms with Crippen LogP contribution in [-0.4, -0.2) is 10.1 Å². The first-order chi connectivity index (χ1) is 6.74. The van der Waals surface area contributed by atoms with Gasteiger partial charge in [0, 0.05) is 6.42 Å². The van der Waals surface area contributed by atoms with Crippen LogP contribution in [0.2, 0.25) is 0 Å². The fraction of sp³-hybridized carbons (Fsp3) is 0.111. The molecule has 0 aliphatic carbocycles. The fourth-order valence-electron chi connectivity index (χ4n) is 1.12. The van der Waals surface area contributed by atoms with E-state index >= 15 is 0 Å². The molecular weight excluding hydrogens is 185 g/mol. The van der Waals surface area contributed by atoms with Crippen LogP contribution < -0.4 is 5.73 Å². The highest BCUT2D eigenvalue weighted by molar-refractivity contribution is 5.20. The Morgan fingerprint density at radius 2 is 2.00 bits per heavy atom. The van der Waals surface area contributed by atoms with Crippen molar-refractivity contribution in [2.24, 2.45) is 0 Å². The van der Waals surface area contributed by atoms with E-state index < -0.39 is 0 Å². The van der Waals surface area contributed by atoms with E-state index in [1.165, 1.54) is 12.1 Å². The average molecular weight is 193 g/mol. The Hall–Kier alpha value is -1.91. The first-order valence-corrected chi connectivity index (χ1v) is 4.06. The maximum absolute atomic E-state index is 12.6. The molecule has 0 amide bonds. The van der Waals surface area contributed by atoms with Gasteiger partial charge in [0.15, 0.2) is 5.82 Å². The lowest BCUT2D eigenvalue weighted by atomic mass is 10.1. The van der Waals surface area contributed by atoms with Crippen LogP contribution in [0.5, 0.6) is 0 Å². The van der Waals surface area contributed by atoms with Gasteiger partial charge in [0.05, 0.1) is 0 Å². The molecule has 0 saturated carbocycles. The summed E-state index contributed by atoms with van der Waals surface area (Å²) >= 11 is 0. The summed E-state index contributed by atoms with van der Waals surface area (Å²) in [5, 5.41) is 3.63. The lowest BCUT2D eigenvalue weighted by Crippen LogP contribution is -1.91. The predicted octanol–water partition coefficient (Wildman–Crippen LogP) is 1.38. The van der Waals surface area contributed by atoms with Gasteiger partial charge in [-0.3, -0.25) is 0 Å². The van der Waals surface area contributed by atoms with Gasteiger partial charge >= 0.3 is 6.01 Å². The van der Waals surface area contributed by atoms with Crippen molar-refractivity contribution >= 4 is 6.01 Å². The van der Waals surface area contributed by atoms with Crippen molar-refractivity contribution < 1.29 is 8.91 Å². The highest BCUT2D eigenvalue weighted by Gasteiger charge is 2.03. The molecular formula is C9H8FN3O. The number of hydrogen-bond donors (Lipinski definition) is 1. The maximum atomic E-state index is 12.6. The van der Waals surface area contributed by atoms with E-state index in [-0.39, 0.29) is 11.8 Å². The number of halogens is 1. The second kappa shape index (κ2) is 3.45. The van der Waals surface area contributed by atoms with Crippen LogP contribution in [0.3, 0.4) is 0 Å². The van der Waals surface area contributed by atoms with E-state index in [9.17, 15) is 4.39 Å². The third-order valence-electron chi connectivity index (χ3n) is 1.76. The maximum Gasteiger partial charge on any atom is 0.318 e. The molecule has 0 bridgehead atoms. The number of anilines is 1. The molecule has 72 valence electrons. The number of aromatic nitrogens is 2. The van der Waals surface area contributed by atoms with Gasteiger partial charge in [-0.25, -0.2) is 4.39 Å². The van der Waals surface area contributed by atoms with Gasteiger partial charge in [0.2, 0.25) is 0 Å². The van der Waals surface area contributed by atoms with E-state index in [0.29, 0.717) is 12.2 Å². The minimum atomic E-state index is -0.263. The van der Waals surface area contributed by atoms with Crippen LogP contribution in [0, 0.1) is 5.82 Å². The number of rotatable bonds is 2. The topological polar surface area (TPSA) is 64.9 Å². The first-order valence-electron chi connectivity index (χ1n) is 4.06. The fourth-order valence-corrected chi connectivity index (χ4v) is 1.12. The Balaban J connectivity index is 2.15. The molecule has 2 rings (SSSR count). The van der Waals surface area contributed by atoms with Crippen molar-refractivity contribution in [2.75, 3.05) is 5.73 Å². The SMILES string of the molecule is Nc1nc(Cc2ccc(F)cc2)no1. The highest BCUT2D eigenvalue weighted by atomic mass is 19.1.